The summed E-state index contributed by atoms with van der Waals surface area (Å²) in [5.74, 6) is -0.351. The van der Waals surface area contributed by atoms with Gasteiger partial charge in [-0.15, -0.1) is 0 Å². The zero-order valence-electron chi connectivity index (χ0n) is 14.1. The van der Waals surface area contributed by atoms with E-state index in [2.05, 4.69) is 10.6 Å². The smallest absolute Gasteiger partial charge is 0.325 e. The third-order valence-electron chi connectivity index (χ3n) is 5.41. The van der Waals surface area contributed by atoms with Crippen LogP contribution in [0.4, 0.5) is 4.79 Å². The fourth-order valence-corrected chi connectivity index (χ4v) is 3.53. The highest BCUT2D eigenvalue weighted by Gasteiger charge is 2.52. The molecule has 0 aromatic rings. The normalized spacial score (nSPS) is 20.2. The molecule has 1 saturated heterocycles. The molecular formula is C16H28N4O3. The molecule has 0 atom stereocenters. The van der Waals surface area contributed by atoms with E-state index in [0.717, 1.165) is 25.7 Å². The highest BCUT2D eigenvalue weighted by atomic mass is 16.2. The van der Waals surface area contributed by atoms with E-state index in [1.807, 2.05) is 13.8 Å². The van der Waals surface area contributed by atoms with Gasteiger partial charge in [0.1, 0.15) is 5.54 Å². The Kier molecular flexibility index (Phi) is 5.29. The number of rotatable bonds is 7. The Bertz CT molecular complexity index is 473. The maximum atomic E-state index is 12.5. The highest BCUT2D eigenvalue weighted by Crippen LogP contribution is 2.35. The predicted octanol–water partition coefficient (Wildman–Crippen LogP) is 0.875. The van der Waals surface area contributed by atoms with Crippen molar-refractivity contribution in [1.29, 1.82) is 0 Å². The van der Waals surface area contributed by atoms with Gasteiger partial charge < -0.3 is 16.4 Å². The molecule has 23 heavy (non-hydrogen) atoms. The molecule has 0 unspecified atom stereocenters. The SMILES string of the molecule is CCC(CC)(CN)NC(=O)CCN1C(=O)NC2(CCCC2)C1=O. The highest BCUT2D eigenvalue weighted by molar-refractivity contribution is 6.07. The molecule has 7 nitrogen and oxygen atoms in total. The monoisotopic (exact) mass is 324 g/mol. The third kappa shape index (κ3) is 3.34. The van der Waals surface area contributed by atoms with Gasteiger partial charge in [-0.25, -0.2) is 4.79 Å². The topological polar surface area (TPSA) is 105 Å². The van der Waals surface area contributed by atoms with E-state index in [1.54, 1.807) is 0 Å². The first-order valence-electron chi connectivity index (χ1n) is 8.57. The molecule has 130 valence electrons. The molecule has 1 aliphatic heterocycles. The maximum absolute atomic E-state index is 12.5. The van der Waals surface area contributed by atoms with Crippen LogP contribution in [0.15, 0.2) is 0 Å². The number of urea groups is 1. The summed E-state index contributed by atoms with van der Waals surface area (Å²) in [5.41, 5.74) is 4.67. The molecule has 0 bridgehead atoms. The first kappa shape index (κ1) is 17.7. The summed E-state index contributed by atoms with van der Waals surface area (Å²) in [4.78, 5) is 37.9. The van der Waals surface area contributed by atoms with Gasteiger partial charge in [-0.2, -0.15) is 0 Å². The number of hydrogen-bond acceptors (Lipinski definition) is 4. The number of nitrogens with one attached hydrogen (secondary N) is 2. The molecule has 2 aliphatic rings. The van der Waals surface area contributed by atoms with E-state index >= 15 is 0 Å². The van der Waals surface area contributed by atoms with E-state index < -0.39 is 11.1 Å². The van der Waals surface area contributed by atoms with Crippen LogP contribution in [0.25, 0.3) is 0 Å². The van der Waals surface area contributed by atoms with Gasteiger partial charge in [0.05, 0.1) is 5.54 Å². The number of hydrogen-bond donors (Lipinski definition) is 3. The number of carbonyl (C=O) groups is 3. The van der Waals surface area contributed by atoms with E-state index in [0.29, 0.717) is 19.4 Å². The van der Waals surface area contributed by atoms with Gasteiger partial charge in [0, 0.05) is 19.5 Å². The maximum Gasteiger partial charge on any atom is 0.325 e. The van der Waals surface area contributed by atoms with E-state index in [4.69, 9.17) is 5.73 Å². The average Bonchev–Trinajstić information content (AvgIpc) is 3.10. The Balaban J connectivity index is 1.92. The minimum Gasteiger partial charge on any atom is -0.349 e. The van der Waals surface area contributed by atoms with Crippen LogP contribution in [0, 0.1) is 0 Å². The van der Waals surface area contributed by atoms with Gasteiger partial charge in [0.2, 0.25) is 5.91 Å². The molecule has 4 N–H and O–H groups in total. The summed E-state index contributed by atoms with van der Waals surface area (Å²) in [5, 5.41) is 5.78. The fourth-order valence-electron chi connectivity index (χ4n) is 3.53. The van der Waals surface area contributed by atoms with E-state index in [9.17, 15) is 14.4 Å². The Morgan fingerprint density at radius 1 is 1.30 bits per heavy atom. The minimum atomic E-state index is -0.707. The number of nitrogens with two attached hydrogens (primary N) is 1. The molecule has 1 aliphatic carbocycles. The van der Waals surface area contributed by atoms with Crippen LogP contribution >= 0.6 is 0 Å². The molecule has 0 radical (unpaired) electrons. The third-order valence-corrected chi connectivity index (χ3v) is 5.41. The van der Waals surface area contributed by atoms with Crippen molar-refractivity contribution in [2.45, 2.75) is 69.9 Å². The molecule has 1 saturated carbocycles. The zero-order chi connectivity index (χ0) is 17.1. The molecule has 2 rings (SSSR count). The van der Waals surface area contributed by atoms with Crippen molar-refractivity contribution in [2.24, 2.45) is 5.73 Å². The van der Waals surface area contributed by atoms with Crippen molar-refractivity contribution in [3.05, 3.63) is 0 Å². The number of carbonyl (C=O) groups excluding carboxylic acids is 3. The van der Waals surface area contributed by atoms with Crippen LogP contribution in [0.1, 0.15) is 58.8 Å². The summed E-state index contributed by atoms with van der Waals surface area (Å²) >= 11 is 0. The average molecular weight is 324 g/mol. The van der Waals surface area contributed by atoms with E-state index in [-0.39, 0.29) is 30.8 Å². The van der Waals surface area contributed by atoms with Gasteiger partial charge in [0.15, 0.2) is 0 Å². The summed E-state index contributed by atoms with van der Waals surface area (Å²) in [6, 6.07) is -0.374. The minimum absolute atomic E-state index is 0.108. The Hall–Kier alpha value is -1.63. The quantitative estimate of drug-likeness (QED) is 0.604. The lowest BCUT2D eigenvalue weighted by molar-refractivity contribution is -0.131. The fraction of sp³-hybridized carbons (Fsp3) is 0.812. The van der Waals surface area contributed by atoms with Gasteiger partial charge in [-0.1, -0.05) is 26.7 Å². The zero-order valence-corrected chi connectivity index (χ0v) is 14.1. The first-order valence-corrected chi connectivity index (χ1v) is 8.57. The van der Waals surface area contributed by atoms with Crippen molar-refractivity contribution in [2.75, 3.05) is 13.1 Å². The molecule has 7 heteroatoms. The van der Waals surface area contributed by atoms with Crippen molar-refractivity contribution in [3.63, 3.8) is 0 Å². The van der Waals surface area contributed by atoms with Crippen LogP contribution in [0.5, 0.6) is 0 Å². The van der Waals surface area contributed by atoms with Gasteiger partial charge in [-0.05, 0) is 25.7 Å². The Morgan fingerprint density at radius 2 is 1.91 bits per heavy atom. The van der Waals surface area contributed by atoms with Crippen molar-refractivity contribution < 1.29 is 14.4 Å². The lowest BCUT2D eigenvalue weighted by Gasteiger charge is -2.31. The molecule has 0 aromatic heterocycles. The number of imide groups is 1. The summed E-state index contributed by atoms with van der Waals surface area (Å²) in [6.45, 7) is 4.46. The van der Waals surface area contributed by atoms with Crippen LogP contribution < -0.4 is 16.4 Å². The largest absolute Gasteiger partial charge is 0.349 e. The Morgan fingerprint density at radius 3 is 2.43 bits per heavy atom. The van der Waals surface area contributed by atoms with Crippen LogP contribution in [0.2, 0.25) is 0 Å². The Labute approximate surface area is 137 Å². The summed E-state index contributed by atoms with van der Waals surface area (Å²) in [6.07, 6.45) is 4.90. The standard InChI is InChI=1S/C16H28N4O3/c1-3-15(4-2,11-17)18-12(21)7-10-20-13(22)16(19-14(20)23)8-5-6-9-16/h3-11,17H2,1-2H3,(H,18,21)(H,19,23). The lowest BCUT2D eigenvalue weighted by Crippen LogP contribution is -2.53. The molecular weight excluding hydrogens is 296 g/mol. The first-order chi connectivity index (χ1) is 10.9. The van der Waals surface area contributed by atoms with Gasteiger partial charge in [0.25, 0.3) is 5.91 Å². The summed E-state index contributed by atoms with van der Waals surface area (Å²) in [7, 11) is 0. The second-order valence-electron chi connectivity index (χ2n) is 6.67. The van der Waals surface area contributed by atoms with Crippen molar-refractivity contribution in [3.8, 4) is 0 Å². The van der Waals surface area contributed by atoms with E-state index in [1.165, 1.54) is 4.90 Å². The number of amides is 4. The molecule has 1 heterocycles. The summed E-state index contributed by atoms with van der Waals surface area (Å²) < 4.78 is 0. The second-order valence-corrected chi connectivity index (χ2v) is 6.67. The lowest BCUT2D eigenvalue weighted by atomic mass is 9.93. The van der Waals surface area contributed by atoms with Gasteiger partial charge in [-0.3, -0.25) is 14.5 Å². The van der Waals surface area contributed by atoms with Crippen molar-refractivity contribution in [1.82, 2.24) is 15.5 Å². The van der Waals surface area contributed by atoms with Gasteiger partial charge >= 0.3 is 6.03 Å². The van der Waals surface area contributed by atoms with Crippen LogP contribution in [-0.2, 0) is 9.59 Å². The van der Waals surface area contributed by atoms with Crippen LogP contribution in [-0.4, -0.2) is 46.9 Å². The second kappa shape index (κ2) is 6.86. The van der Waals surface area contributed by atoms with Crippen LogP contribution in [0.3, 0.4) is 0 Å². The molecule has 1 spiro atoms. The molecule has 4 amide bonds. The predicted molar refractivity (Wildman–Crippen MR) is 86.6 cm³/mol. The molecule has 0 aromatic carbocycles. The van der Waals surface area contributed by atoms with Crippen molar-refractivity contribution >= 4 is 17.8 Å². The molecule has 2 fully saturated rings. The number of nitrogens with zero attached hydrogens (tertiary/aromatic N) is 1.